The molecule has 0 spiro atoms. The van der Waals surface area contributed by atoms with Crippen LogP contribution < -0.4 is 10.3 Å². The Morgan fingerprint density at radius 2 is 1.96 bits per heavy atom. The number of H-pyrrole nitrogens is 1. The molecule has 0 bridgehead atoms. The van der Waals surface area contributed by atoms with E-state index in [0.29, 0.717) is 28.9 Å². The van der Waals surface area contributed by atoms with E-state index in [9.17, 15) is 9.59 Å². The summed E-state index contributed by atoms with van der Waals surface area (Å²) in [7, 11) is 0. The molecule has 0 aliphatic heterocycles. The van der Waals surface area contributed by atoms with Crippen LogP contribution in [0.1, 0.15) is 23.4 Å². The third kappa shape index (κ3) is 3.51. The van der Waals surface area contributed by atoms with Gasteiger partial charge in [-0.15, -0.1) is 0 Å². The molecular weight excluding hydrogens is 304 g/mol. The van der Waals surface area contributed by atoms with E-state index in [1.165, 1.54) is 0 Å². The summed E-state index contributed by atoms with van der Waals surface area (Å²) in [6.07, 6.45) is 0.471. The topological polar surface area (TPSA) is 72.0 Å². The SMILES string of the molecule is Cc1ccc(OC(=O)CCc2nc3ccccc3c(=O)[nH]2)c(C)c1. The van der Waals surface area contributed by atoms with Crippen molar-refractivity contribution < 1.29 is 9.53 Å². The van der Waals surface area contributed by atoms with Gasteiger partial charge in [-0.05, 0) is 37.6 Å². The molecule has 24 heavy (non-hydrogen) atoms. The van der Waals surface area contributed by atoms with Gasteiger partial charge in [0, 0.05) is 6.42 Å². The molecule has 1 heterocycles. The molecule has 0 amide bonds. The van der Waals surface area contributed by atoms with E-state index >= 15 is 0 Å². The maximum atomic E-state index is 12.0. The van der Waals surface area contributed by atoms with E-state index < -0.39 is 0 Å². The lowest BCUT2D eigenvalue weighted by atomic mass is 10.1. The molecule has 3 aromatic rings. The highest BCUT2D eigenvalue weighted by molar-refractivity contribution is 5.77. The van der Waals surface area contributed by atoms with Crippen molar-refractivity contribution in [2.24, 2.45) is 0 Å². The maximum Gasteiger partial charge on any atom is 0.311 e. The van der Waals surface area contributed by atoms with Crippen LogP contribution in [-0.4, -0.2) is 15.9 Å². The third-order valence-electron chi connectivity index (χ3n) is 3.78. The highest BCUT2D eigenvalue weighted by Crippen LogP contribution is 2.19. The molecule has 1 aromatic heterocycles. The number of aromatic amines is 1. The lowest BCUT2D eigenvalue weighted by molar-refractivity contribution is -0.134. The predicted octanol–water partition coefficient (Wildman–Crippen LogP) is 3.08. The number of ether oxygens (including phenoxy) is 1. The van der Waals surface area contributed by atoms with Crippen LogP contribution in [-0.2, 0) is 11.2 Å². The number of nitrogens with zero attached hydrogens (tertiary/aromatic N) is 1. The minimum absolute atomic E-state index is 0.147. The molecule has 122 valence electrons. The van der Waals surface area contributed by atoms with Gasteiger partial charge in [0.25, 0.3) is 5.56 Å². The number of fused-ring (bicyclic) bond motifs is 1. The van der Waals surface area contributed by atoms with Crippen molar-refractivity contribution in [1.29, 1.82) is 0 Å². The second-order valence-electron chi connectivity index (χ2n) is 5.77. The summed E-state index contributed by atoms with van der Waals surface area (Å²) in [5.74, 6) is 0.694. The first-order valence-electron chi connectivity index (χ1n) is 7.79. The van der Waals surface area contributed by atoms with E-state index in [-0.39, 0.29) is 17.9 Å². The monoisotopic (exact) mass is 322 g/mol. The molecule has 5 heteroatoms. The lowest BCUT2D eigenvalue weighted by Crippen LogP contribution is -2.15. The number of para-hydroxylation sites is 1. The molecule has 2 aromatic carbocycles. The molecule has 0 unspecified atom stereocenters. The van der Waals surface area contributed by atoms with Gasteiger partial charge in [0.15, 0.2) is 0 Å². The second kappa shape index (κ2) is 6.66. The minimum atomic E-state index is -0.349. The largest absolute Gasteiger partial charge is 0.426 e. The third-order valence-corrected chi connectivity index (χ3v) is 3.78. The van der Waals surface area contributed by atoms with Crippen molar-refractivity contribution in [3.05, 3.63) is 69.8 Å². The number of aromatic nitrogens is 2. The first-order chi connectivity index (χ1) is 11.5. The van der Waals surface area contributed by atoms with Crippen LogP contribution in [0.4, 0.5) is 0 Å². The summed E-state index contributed by atoms with van der Waals surface area (Å²) in [4.78, 5) is 31.1. The fourth-order valence-corrected chi connectivity index (χ4v) is 2.56. The second-order valence-corrected chi connectivity index (χ2v) is 5.77. The normalized spacial score (nSPS) is 10.8. The number of hydrogen-bond acceptors (Lipinski definition) is 4. The summed E-state index contributed by atoms with van der Waals surface area (Å²) in [6.45, 7) is 3.89. The molecule has 3 rings (SSSR count). The quantitative estimate of drug-likeness (QED) is 0.592. The number of benzene rings is 2. The van der Waals surface area contributed by atoms with E-state index in [1.54, 1.807) is 24.3 Å². The first-order valence-corrected chi connectivity index (χ1v) is 7.79. The average Bonchev–Trinajstić information content (AvgIpc) is 2.56. The first kappa shape index (κ1) is 15.9. The molecule has 0 atom stereocenters. The maximum absolute atomic E-state index is 12.0. The Hall–Kier alpha value is -2.95. The van der Waals surface area contributed by atoms with E-state index in [2.05, 4.69) is 9.97 Å². The van der Waals surface area contributed by atoms with E-state index in [0.717, 1.165) is 11.1 Å². The fourth-order valence-electron chi connectivity index (χ4n) is 2.56. The number of carbonyl (C=O) groups is 1. The highest BCUT2D eigenvalue weighted by atomic mass is 16.5. The number of rotatable bonds is 4. The van der Waals surface area contributed by atoms with Crippen LogP contribution >= 0.6 is 0 Å². The molecular formula is C19H18N2O3. The zero-order valence-electron chi connectivity index (χ0n) is 13.6. The van der Waals surface area contributed by atoms with Crippen molar-refractivity contribution in [3.8, 4) is 5.75 Å². The minimum Gasteiger partial charge on any atom is -0.426 e. The molecule has 5 nitrogen and oxygen atoms in total. The Balaban J connectivity index is 1.69. The number of hydrogen-bond donors (Lipinski definition) is 1. The zero-order chi connectivity index (χ0) is 17.1. The van der Waals surface area contributed by atoms with Gasteiger partial charge in [-0.25, -0.2) is 4.98 Å². The van der Waals surface area contributed by atoms with Crippen LogP contribution in [0.15, 0.2) is 47.3 Å². The van der Waals surface area contributed by atoms with Crippen LogP contribution in [0.25, 0.3) is 10.9 Å². The molecule has 0 saturated carbocycles. The Kier molecular flexibility index (Phi) is 4.42. The summed E-state index contributed by atoms with van der Waals surface area (Å²) >= 11 is 0. The lowest BCUT2D eigenvalue weighted by Gasteiger charge is -2.08. The van der Waals surface area contributed by atoms with Crippen LogP contribution in [0, 0.1) is 13.8 Å². The summed E-state index contributed by atoms with van der Waals surface area (Å²) < 4.78 is 5.38. The van der Waals surface area contributed by atoms with Crippen molar-refractivity contribution in [2.45, 2.75) is 26.7 Å². The van der Waals surface area contributed by atoms with Gasteiger partial charge in [-0.1, -0.05) is 29.8 Å². The summed E-state index contributed by atoms with van der Waals surface area (Å²) in [5, 5.41) is 0.541. The molecule has 0 aliphatic carbocycles. The summed E-state index contributed by atoms with van der Waals surface area (Å²) in [5.41, 5.74) is 2.46. The van der Waals surface area contributed by atoms with Crippen molar-refractivity contribution in [2.75, 3.05) is 0 Å². The molecule has 1 N–H and O–H groups in total. The standard InChI is InChI=1S/C19H18N2O3/c1-12-7-8-16(13(2)11-12)24-18(22)10-9-17-20-15-6-4-3-5-14(15)19(23)21-17/h3-8,11H,9-10H2,1-2H3,(H,20,21,23). The molecule has 0 fully saturated rings. The van der Waals surface area contributed by atoms with E-state index in [4.69, 9.17) is 4.74 Å². The Morgan fingerprint density at radius 3 is 2.75 bits per heavy atom. The Labute approximate surface area is 139 Å². The molecule has 0 aliphatic rings. The van der Waals surface area contributed by atoms with Gasteiger partial charge in [-0.3, -0.25) is 9.59 Å². The molecule has 0 saturated heterocycles. The van der Waals surface area contributed by atoms with Crippen molar-refractivity contribution >= 4 is 16.9 Å². The van der Waals surface area contributed by atoms with Crippen LogP contribution in [0.5, 0.6) is 5.75 Å². The summed E-state index contributed by atoms with van der Waals surface area (Å²) in [6, 6.07) is 12.8. The highest BCUT2D eigenvalue weighted by Gasteiger charge is 2.10. The smallest absolute Gasteiger partial charge is 0.311 e. The van der Waals surface area contributed by atoms with Crippen molar-refractivity contribution in [1.82, 2.24) is 9.97 Å². The van der Waals surface area contributed by atoms with Gasteiger partial charge >= 0.3 is 5.97 Å². The Morgan fingerprint density at radius 1 is 1.17 bits per heavy atom. The number of nitrogens with one attached hydrogen (secondary N) is 1. The van der Waals surface area contributed by atoms with Gasteiger partial charge in [-0.2, -0.15) is 0 Å². The predicted molar refractivity (Wildman–Crippen MR) is 92.2 cm³/mol. The van der Waals surface area contributed by atoms with Gasteiger partial charge < -0.3 is 9.72 Å². The van der Waals surface area contributed by atoms with Crippen molar-refractivity contribution in [3.63, 3.8) is 0 Å². The fraction of sp³-hybridized carbons (Fsp3) is 0.211. The number of aryl methyl sites for hydroxylation is 3. The number of carbonyl (C=O) groups excluding carboxylic acids is 1. The van der Waals surface area contributed by atoms with Crippen LogP contribution in [0.3, 0.4) is 0 Å². The van der Waals surface area contributed by atoms with Gasteiger partial charge in [0.05, 0.1) is 17.3 Å². The van der Waals surface area contributed by atoms with Crippen LogP contribution in [0.2, 0.25) is 0 Å². The average molecular weight is 322 g/mol. The molecule has 0 radical (unpaired) electrons. The van der Waals surface area contributed by atoms with E-state index in [1.807, 2.05) is 32.0 Å². The Bertz CT molecular complexity index is 960. The zero-order valence-corrected chi connectivity index (χ0v) is 13.6. The van der Waals surface area contributed by atoms with Gasteiger partial charge in [0.1, 0.15) is 11.6 Å². The van der Waals surface area contributed by atoms with Gasteiger partial charge in [0.2, 0.25) is 0 Å². The number of esters is 1.